The van der Waals surface area contributed by atoms with Gasteiger partial charge in [-0.1, -0.05) is 0 Å². The van der Waals surface area contributed by atoms with E-state index in [-0.39, 0.29) is 53.1 Å². The SMILES string of the molecule is Nc1nc2c(ncn2[C@H]2C[C@H](O)[C@@H](COP(=O)(O)O)O2)c(=O)[nH]1.[Na]. The van der Waals surface area contributed by atoms with Gasteiger partial charge in [0.2, 0.25) is 5.95 Å². The van der Waals surface area contributed by atoms with Crippen LogP contribution in [0, 0.1) is 0 Å². The van der Waals surface area contributed by atoms with Crippen molar-refractivity contribution >= 4 is 54.5 Å². The number of anilines is 1. The average Bonchev–Trinajstić information content (AvgIpc) is 2.99. The number of nitrogen functional groups attached to an aromatic ring is 1. The number of ether oxygens (including phenoxy) is 1. The second-order valence-corrected chi connectivity index (χ2v) is 6.23. The minimum absolute atomic E-state index is 0. The summed E-state index contributed by atoms with van der Waals surface area (Å²) in [5.74, 6) is -0.0934. The molecule has 0 unspecified atom stereocenters. The van der Waals surface area contributed by atoms with Gasteiger partial charge in [-0.3, -0.25) is 18.9 Å². The van der Waals surface area contributed by atoms with Gasteiger partial charge in [-0.05, 0) is 0 Å². The molecule has 0 bridgehead atoms. The Morgan fingerprint density at radius 1 is 1.54 bits per heavy atom. The predicted octanol–water partition coefficient (Wildman–Crippen LogP) is -1.92. The van der Waals surface area contributed by atoms with E-state index in [9.17, 15) is 14.5 Å². The van der Waals surface area contributed by atoms with Gasteiger partial charge in [-0.2, -0.15) is 4.98 Å². The molecule has 2 aromatic rings. The fourth-order valence-corrected chi connectivity index (χ4v) is 2.70. The van der Waals surface area contributed by atoms with E-state index in [0.717, 1.165) is 0 Å². The van der Waals surface area contributed by atoms with Crippen LogP contribution in [0.2, 0.25) is 0 Å². The Morgan fingerprint density at radius 3 is 2.92 bits per heavy atom. The number of nitrogens with two attached hydrogens (primary N) is 1. The number of phosphoric ester groups is 1. The van der Waals surface area contributed by atoms with E-state index in [1.807, 2.05) is 0 Å². The average molecular weight is 370 g/mol. The summed E-state index contributed by atoms with van der Waals surface area (Å²) < 4.78 is 22.0. The first kappa shape index (κ1) is 19.5. The number of rotatable bonds is 4. The van der Waals surface area contributed by atoms with Gasteiger partial charge >= 0.3 is 7.82 Å². The molecule has 24 heavy (non-hydrogen) atoms. The standard InChI is InChI=1S/C10H14N5O7P.Na/c11-10-13-8-7(9(17)14-10)12-3-15(8)6-1-4(16)5(22-6)2-21-23(18,19)20;/h3-6,16H,1-2H2,(H2,18,19,20)(H3,11,13,14,17);/t4-,5+,6+;/m0./s1. The molecule has 1 aliphatic rings. The van der Waals surface area contributed by atoms with Gasteiger partial charge in [0.05, 0.1) is 19.0 Å². The van der Waals surface area contributed by atoms with Gasteiger partial charge in [-0.15, -0.1) is 0 Å². The van der Waals surface area contributed by atoms with E-state index in [4.69, 9.17) is 20.3 Å². The molecule has 14 heteroatoms. The summed E-state index contributed by atoms with van der Waals surface area (Å²) in [6.07, 6.45) is -1.26. The van der Waals surface area contributed by atoms with Crippen LogP contribution < -0.4 is 11.3 Å². The number of aliphatic hydroxyl groups excluding tert-OH is 1. The first-order valence-electron chi connectivity index (χ1n) is 6.50. The van der Waals surface area contributed by atoms with Gasteiger partial charge in [0, 0.05) is 36.0 Å². The molecule has 0 spiro atoms. The number of hydrogen-bond donors (Lipinski definition) is 5. The number of hydrogen-bond acceptors (Lipinski definition) is 8. The number of H-pyrrole nitrogens is 1. The summed E-state index contributed by atoms with van der Waals surface area (Å²) >= 11 is 0. The Kier molecular flexibility index (Phi) is 5.85. The molecule has 3 atom stereocenters. The fraction of sp³-hybridized carbons (Fsp3) is 0.500. The molecule has 1 saturated heterocycles. The van der Waals surface area contributed by atoms with E-state index >= 15 is 0 Å². The van der Waals surface area contributed by atoms with Crippen LogP contribution >= 0.6 is 7.82 Å². The zero-order valence-electron chi connectivity index (χ0n) is 12.6. The summed E-state index contributed by atoms with van der Waals surface area (Å²) in [4.78, 5) is 39.3. The van der Waals surface area contributed by atoms with Gasteiger partial charge in [-0.25, -0.2) is 9.55 Å². The first-order valence-corrected chi connectivity index (χ1v) is 8.03. The Morgan fingerprint density at radius 2 is 2.25 bits per heavy atom. The normalized spacial score (nSPS) is 24.2. The third-order valence-electron chi connectivity index (χ3n) is 3.37. The van der Waals surface area contributed by atoms with E-state index in [2.05, 4.69) is 19.5 Å². The molecular weight excluding hydrogens is 356 g/mol. The molecule has 127 valence electrons. The predicted molar refractivity (Wildman–Crippen MR) is 80.8 cm³/mol. The van der Waals surface area contributed by atoms with Gasteiger partial charge in [0.25, 0.3) is 5.56 Å². The van der Waals surface area contributed by atoms with Gasteiger partial charge in [0.1, 0.15) is 12.3 Å². The van der Waals surface area contributed by atoms with Crippen molar-refractivity contribution in [1.82, 2.24) is 19.5 Å². The summed E-state index contributed by atoms with van der Waals surface area (Å²) in [5.41, 5.74) is 5.23. The van der Waals surface area contributed by atoms with Crippen LogP contribution in [0.3, 0.4) is 0 Å². The van der Waals surface area contributed by atoms with Gasteiger partial charge < -0.3 is 25.4 Å². The van der Waals surface area contributed by atoms with Crippen LogP contribution in [0.25, 0.3) is 11.2 Å². The number of fused-ring (bicyclic) bond motifs is 1. The maximum atomic E-state index is 11.7. The summed E-state index contributed by atoms with van der Waals surface area (Å²) in [6.45, 7) is -0.481. The molecule has 3 heterocycles. The van der Waals surface area contributed by atoms with Crippen LogP contribution in [0.15, 0.2) is 11.1 Å². The van der Waals surface area contributed by atoms with E-state index in [1.54, 1.807) is 0 Å². The number of imidazole rings is 1. The molecule has 0 aromatic carbocycles. The van der Waals surface area contributed by atoms with E-state index in [1.165, 1.54) is 10.9 Å². The number of nitrogens with zero attached hydrogens (tertiary/aromatic N) is 3. The van der Waals surface area contributed by atoms with Crippen LogP contribution in [0.4, 0.5) is 5.95 Å². The zero-order valence-corrected chi connectivity index (χ0v) is 15.5. The third kappa shape index (κ3) is 4.04. The number of aromatic nitrogens is 4. The minimum atomic E-state index is -4.66. The van der Waals surface area contributed by atoms with Crippen LogP contribution in [-0.2, 0) is 13.8 Å². The topological polar surface area (TPSA) is 186 Å². The van der Waals surface area contributed by atoms with Crippen molar-refractivity contribution in [3.05, 3.63) is 16.7 Å². The van der Waals surface area contributed by atoms with Crippen molar-refractivity contribution < 1.29 is 28.7 Å². The molecule has 1 radical (unpaired) electrons. The van der Waals surface area contributed by atoms with Gasteiger partial charge in [0.15, 0.2) is 11.2 Å². The van der Waals surface area contributed by atoms with Crippen LogP contribution in [-0.4, -0.2) is 82.8 Å². The Bertz CT molecular complexity index is 835. The summed E-state index contributed by atoms with van der Waals surface area (Å²) in [6, 6.07) is 0. The smallest absolute Gasteiger partial charge is 0.390 e. The molecule has 12 nitrogen and oxygen atoms in total. The van der Waals surface area contributed by atoms with Crippen molar-refractivity contribution in [1.29, 1.82) is 0 Å². The second kappa shape index (κ2) is 7.20. The van der Waals surface area contributed by atoms with Crippen LogP contribution in [0.5, 0.6) is 0 Å². The summed E-state index contributed by atoms with van der Waals surface area (Å²) in [7, 11) is -4.66. The molecule has 1 aliphatic heterocycles. The van der Waals surface area contributed by atoms with Crippen molar-refractivity contribution in [2.24, 2.45) is 0 Å². The van der Waals surface area contributed by atoms with E-state index in [0.29, 0.717) is 0 Å². The second-order valence-electron chi connectivity index (χ2n) is 4.99. The van der Waals surface area contributed by atoms with Crippen molar-refractivity contribution in [2.45, 2.75) is 24.9 Å². The molecular formula is C10H14N5NaO7P. The first-order chi connectivity index (χ1) is 10.7. The molecule has 3 rings (SSSR count). The Balaban J connectivity index is 0.00000208. The molecule has 2 aromatic heterocycles. The van der Waals surface area contributed by atoms with Crippen molar-refractivity contribution in [2.75, 3.05) is 12.3 Å². The number of aromatic amines is 1. The quantitative estimate of drug-likeness (QED) is 0.300. The molecule has 0 aliphatic carbocycles. The van der Waals surface area contributed by atoms with Crippen LogP contribution in [0.1, 0.15) is 12.6 Å². The maximum Gasteiger partial charge on any atom is 0.469 e. The Labute approximate surface area is 156 Å². The third-order valence-corrected chi connectivity index (χ3v) is 3.86. The number of nitrogens with one attached hydrogen (secondary N) is 1. The van der Waals surface area contributed by atoms with E-state index < -0.39 is 38.4 Å². The minimum Gasteiger partial charge on any atom is -0.390 e. The largest absolute Gasteiger partial charge is 0.469 e. The molecule has 6 N–H and O–H groups in total. The molecule has 0 saturated carbocycles. The zero-order chi connectivity index (χ0) is 16.8. The number of phosphoric acid groups is 1. The monoisotopic (exact) mass is 370 g/mol. The molecule has 0 amide bonds. The fourth-order valence-electron chi connectivity index (χ4n) is 2.36. The summed E-state index contributed by atoms with van der Waals surface area (Å²) in [5, 5.41) is 9.93. The molecule has 1 fully saturated rings. The van der Waals surface area contributed by atoms with Crippen molar-refractivity contribution in [3.63, 3.8) is 0 Å². The Hall–Kier alpha value is -0.820. The maximum absolute atomic E-state index is 11.7. The van der Waals surface area contributed by atoms with Crippen molar-refractivity contribution in [3.8, 4) is 0 Å². The number of aliphatic hydroxyl groups is 1.